The van der Waals surface area contributed by atoms with Crippen molar-refractivity contribution in [3.63, 3.8) is 0 Å². The lowest BCUT2D eigenvalue weighted by Crippen LogP contribution is -2.34. The highest BCUT2D eigenvalue weighted by atomic mass is 16.3. The molecule has 1 fully saturated rings. The molecule has 106 valence electrons. The van der Waals surface area contributed by atoms with Crippen LogP contribution >= 0.6 is 0 Å². The zero-order valence-corrected chi connectivity index (χ0v) is 11.2. The van der Waals surface area contributed by atoms with Crippen LogP contribution in [0.3, 0.4) is 0 Å². The maximum Gasteiger partial charge on any atom is 0.287 e. The van der Waals surface area contributed by atoms with Gasteiger partial charge in [-0.05, 0) is 19.1 Å². The second-order valence-corrected chi connectivity index (χ2v) is 5.14. The van der Waals surface area contributed by atoms with Gasteiger partial charge in [-0.15, -0.1) is 0 Å². The number of aromatic nitrogens is 1. The van der Waals surface area contributed by atoms with Crippen LogP contribution in [0.15, 0.2) is 22.6 Å². The minimum absolute atomic E-state index is 0.0451. The quantitative estimate of drug-likeness (QED) is 0.757. The normalized spacial score (nSPS) is 22.3. The molecule has 3 heterocycles. The van der Waals surface area contributed by atoms with Crippen LogP contribution in [0.2, 0.25) is 0 Å². The van der Waals surface area contributed by atoms with Crippen LogP contribution in [-0.2, 0) is 0 Å². The molecular weight excluding hydrogens is 258 g/mol. The fourth-order valence-electron chi connectivity index (χ4n) is 2.38. The van der Waals surface area contributed by atoms with Crippen LogP contribution in [-0.4, -0.2) is 41.7 Å². The second kappa shape index (κ2) is 5.22. The van der Waals surface area contributed by atoms with Crippen molar-refractivity contribution in [2.24, 2.45) is 5.92 Å². The van der Waals surface area contributed by atoms with Crippen LogP contribution in [0.4, 0.5) is 0 Å². The minimum Gasteiger partial charge on any atom is -0.449 e. The van der Waals surface area contributed by atoms with E-state index in [0.29, 0.717) is 30.7 Å². The van der Waals surface area contributed by atoms with E-state index in [1.54, 1.807) is 12.1 Å². The predicted molar refractivity (Wildman–Crippen MR) is 73.4 cm³/mol. The SMILES string of the molecule is Cc1ccc2oc(C(=O)NCC3CNCC3O)cc2n1. The summed E-state index contributed by atoms with van der Waals surface area (Å²) in [6.45, 7) is 3.61. The topological polar surface area (TPSA) is 87.4 Å². The number of fused-ring (bicyclic) bond motifs is 1. The van der Waals surface area contributed by atoms with Crippen molar-refractivity contribution < 1.29 is 14.3 Å². The van der Waals surface area contributed by atoms with Gasteiger partial charge in [-0.3, -0.25) is 4.79 Å². The van der Waals surface area contributed by atoms with Crippen molar-refractivity contribution >= 4 is 17.0 Å². The number of hydrogen-bond donors (Lipinski definition) is 3. The van der Waals surface area contributed by atoms with E-state index >= 15 is 0 Å². The molecule has 0 spiro atoms. The number of carbonyl (C=O) groups is 1. The molecule has 0 saturated carbocycles. The molecule has 1 aliphatic heterocycles. The summed E-state index contributed by atoms with van der Waals surface area (Å²) in [5, 5.41) is 15.5. The Morgan fingerprint density at radius 3 is 3.15 bits per heavy atom. The van der Waals surface area contributed by atoms with E-state index in [2.05, 4.69) is 15.6 Å². The average molecular weight is 275 g/mol. The number of amides is 1. The third kappa shape index (κ3) is 2.52. The van der Waals surface area contributed by atoms with Gasteiger partial charge in [0.25, 0.3) is 5.91 Å². The highest BCUT2D eigenvalue weighted by Gasteiger charge is 2.25. The Balaban J connectivity index is 1.69. The maximum atomic E-state index is 12.0. The molecule has 6 heteroatoms. The average Bonchev–Trinajstić information content (AvgIpc) is 3.01. The molecule has 2 aromatic heterocycles. The first-order valence-corrected chi connectivity index (χ1v) is 6.67. The number of hydrogen-bond acceptors (Lipinski definition) is 5. The van der Waals surface area contributed by atoms with Crippen LogP contribution < -0.4 is 10.6 Å². The van der Waals surface area contributed by atoms with Crippen molar-refractivity contribution in [3.05, 3.63) is 29.7 Å². The largest absolute Gasteiger partial charge is 0.449 e. The third-order valence-corrected chi connectivity index (χ3v) is 3.57. The van der Waals surface area contributed by atoms with E-state index < -0.39 is 6.10 Å². The lowest BCUT2D eigenvalue weighted by Gasteiger charge is -2.13. The Bertz CT molecular complexity index is 638. The summed E-state index contributed by atoms with van der Waals surface area (Å²) in [6, 6.07) is 5.29. The van der Waals surface area contributed by atoms with Crippen LogP contribution in [0.1, 0.15) is 16.2 Å². The number of aliphatic hydroxyl groups excluding tert-OH is 1. The first-order valence-electron chi connectivity index (χ1n) is 6.67. The fraction of sp³-hybridized carbons (Fsp3) is 0.429. The van der Waals surface area contributed by atoms with E-state index in [1.807, 2.05) is 13.0 Å². The molecule has 3 rings (SSSR count). The first kappa shape index (κ1) is 13.1. The summed E-state index contributed by atoms with van der Waals surface area (Å²) in [6.07, 6.45) is -0.407. The van der Waals surface area contributed by atoms with Crippen molar-refractivity contribution in [3.8, 4) is 0 Å². The van der Waals surface area contributed by atoms with E-state index in [9.17, 15) is 9.90 Å². The standard InChI is InChI=1S/C14H17N3O3/c1-8-2-3-12-10(17-8)4-13(20-12)14(19)16-6-9-5-15-7-11(9)18/h2-4,9,11,15,18H,5-7H2,1H3,(H,16,19). The molecular formula is C14H17N3O3. The van der Waals surface area contributed by atoms with Crippen molar-refractivity contribution in [1.82, 2.24) is 15.6 Å². The van der Waals surface area contributed by atoms with Gasteiger partial charge in [-0.2, -0.15) is 0 Å². The molecule has 2 unspecified atom stereocenters. The molecule has 0 radical (unpaired) electrons. The van der Waals surface area contributed by atoms with Gasteiger partial charge in [-0.1, -0.05) is 0 Å². The number of pyridine rings is 1. The molecule has 6 nitrogen and oxygen atoms in total. The van der Waals surface area contributed by atoms with Crippen molar-refractivity contribution in [1.29, 1.82) is 0 Å². The van der Waals surface area contributed by atoms with Gasteiger partial charge in [-0.25, -0.2) is 4.98 Å². The van der Waals surface area contributed by atoms with Gasteiger partial charge in [0.15, 0.2) is 11.3 Å². The molecule has 1 aliphatic rings. The Hall–Kier alpha value is -1.92. The van der Waals surface area contributed by atoms with Gasteiger partial charge in [0.05, 0.1) is 6.10 Å². The third-order valence-electron chi connectivity index (χ3n) is 3.57. The molecule has 1 amide bonds. The van der Waals surface area contributed by atoms with Gasteiger partial charge in [0.2, 0.25) is 0 Å². The predicted octanol–water partition coefficient (Wildman–Crippen LogP) is 0.446. The summed E-state index contributed by atoms with van der Waals surface area (Å²) >= 11 is 0. The molecule has 2 aromatic rings. The molecule has 0 aliphatic carbocycles. The minimum atomic E-state index is -0.407. The molecule has 2 atom stereocenters. The summed E-state index contributed by atoms with van der Waals surface area (Å²) in [5.41, 5.74) is 2.16. The smallest absolute Gasteiger partial charge is 0.287 e. The van der Waals surface area contributed by atoms with Gasteiger partial charge < -0.3 is 20.2 Å². The molecule has 1 saturated heterocycles. The van der Waals surface area contributed by atoms with E-state index in [-0.39, 0.29) is 17.6 Å². The van der Waals surface area contributed by atoms with Crippen LogP contribution in [0, 0.1) is 12.8 Å². The summed E-state index contributed by atoms with van der Waals surface area (Å²) in [4.78, 5) is 16.3. The highest BCUT2D eigenvalue weighted by molar-refractivity contribution is 5.95. The molecule has 0 bridgehead atoms. The van der Waals surface area contributed by atoms with Gasteiger partial charge >= 0.3 is 0 Å². The highest BCUT2D eigenvalue weighted by Crippen LogP contribution is 2.18. The lowest BCUT2D eigenvalue weighted by atomic mass is 10.1. The van der Waals surface area contributed by atoms with E-state index in [4.69, 9.17) is 4.42 Å². The number of nitrogens with one attached hydrogen (secondary N) is 2. The monoisotopic (exact) mass is 275 g/mol. The Morgan fingerprint density at radius 1 is 1.55 bits per heavy atom. The van der Waals surface area contributed by atoms with E-state index in [0.717, 1.165) is 5.69 Å². The van der Waals surface area contributed by atoms with Crippen molar-refractivity contribution in [2.75, 3.05) is 19.6 Å². The maximum absolute atomic E-state index is 12.0. The fourth-order valence-corrected chi connectivity index (χ4v) is 2.38. The number of carbonyl (C=O) groups excluding carboxylic acids is 1. The summed E-state index contributed by atoms with van der Waals surface area (Å²) in [5.74, 6) is 0.0157. The zero-order chi connectivity index (χ0) is 14.1. The first-order chi connectivity index (χ1) is 9.63. The zero-order valence-electron chi connectivity index (χ0n) is 11.2. The number of rotatable bonds is 3. The second-order valence-electron chi connectivity index (χ2n) is 5.14. The number of β-amino-alcohol motifs (C(OH)–C–C–N with tert-alkyl or cyclic N) is 1. The molecule has 0 aromatic carbocycles. The summed E-state index contributed by atoms with van der Waals surface area (Å²) < 4.78 is 5.47. The Morgan fingerprint density at radius 2 is 2.40 bits per heavy atom. The van der Waals surface area contributed by atoms with Gasteiger partial charge in [0, 0.05) is 37.3 Å². The Kier molecular flexibility index (Phi) is 3.42. The number of nitrogens with zero attached hydrogens (tertiary/aromatic N) is 1. The van der Waals surface area contributed by atoms with E-state index in [1.165, 1.54) is 0 Å². The number of aliphatic hydroxyl groups is 1. The summed E-state index contributed by atoms with van der Waals surface area (Å²) in [7, 11) is 0. The van der Waals surface area contributed by atoms with Crippen molar-refractivity contribution in [2.45, 2.75) is 13.0 Å². The molecule has 3 N–H and O–H groups in total. The number of aryl methyl sites for hydroxylation is 1. The van der Waals surface area contributed by atoms with Crippen LogP contribution in [0.5, 0.6) is 0 Å². The molecule has 20 heavy (non-hydrogen) atoms. The lowest BCUT2D eigenvalue weighted by molar-refractivity contribution is 0.0902. The number of furan rings is 1. The van der Waals surface area contributed by atoms with Crippen LogP contribution in [0.25, 0.3) is 11.1 Å². The van der Waals surface area contributed by atoms with Gasteiger partial charge in [0.1, 0.15) is 5.52 Å². The Labute approximate surface area is 116 Å².